The van der Waals surface area contributed by atoms with Crippen LogP contribution in [0.4, 0.5) is 11.4 Å². The van der Waals surface area contributed by atoms with E-state index in [0.29, 0.717) is 0 Å². The monoisotopic (exact) mass is 285 g/mol. The summed E-state index contributed by atoms with van der Waals surface area (Å²) in [5, 5.41) is 18.2. The maximum Gasteiger partial charge on any atom is 0.332 e. The van der Waals surface area contributed by atoms with Gasteiger partial charge in [-0.15, -0.1) is 0 Å². The summed E-state index contributed by atoms with van der Waals surface area (Å²) in [7, 11) is 0. The molecule has 102 valence electrons. The molecule has 7 nitrogen and oxygen atoms in total. The van der Waals surface area contributed by atoms with Crippen molar-refractivity contribution in [2.24, 2.45) is 10.2 Å². The van der Waals surface area contributed by atoms with Gasteiger partial charge in [0, 0.05) is 6.07 Å². The summed E-state index contributed by atoms with van der Waals surface area (Å²) in [6.45, 7) is 3.46. The van der Waals surface area contributed by atoms with Gasteiger partial charge in [0.15, 0.2) is 6.04 Å². The summed E-state index contributed by atoms with van der Waals surface area (Å²) in [5.41, 5.74) is -0.0193. The smallest absolute Gasteiger partial charge is 0.332 e. The van der Waals surface area contributed by atoms with Crippen molar-refractivity contribution in [2.75, 3.05) is 6.61 Å². The van der Waals surface area contributed by atoms with Gasteiger partial charge in [-0.1, -0.05) is 11.6 Å². The van der Waals surface area contributed by atoms with Gasteiger partial charge in [-0.25, -0.2) is 4.79 Å². The van der Waals surface area contributed by atoms with Gasteiger partial charge in [0.2, 0.25) is 0 Å². The number of nitro benzene ring substituents is 1. The number of esters is 1. The lowest BCUT2D eigenvalue weighted by atomic mass is 10.3. The van der Waals surface area contributed by atoms with Crippen molar-refractivity contribution in [2.45, 2.75) is 19.9 Å². The molecule has 0 amide bonds. The van der Waals surface area contributed by atoms with Gasteiger partial charge in [-0.2, -0.15) is 10.2 Å². The minimum Gasteiger partial charge on any atom is -0.464 e. The van der Waals surface area contributed by atoms with Gasteiger partial charge in [0.25, 0.3) is 5.69 Å². The van der Waals surface area contributed by atoms with Gasteiger partial charge in [0.05, 0.1) is 17.2 Å². The average Bonchev–Trinajstić information content (AvgIpc) is 2.37. The highest BCUT2D eigenvalue weighted by Crippen LogP contribution is 2.28. The Hall–Kier alpha value is -2.02. The predicted molar refractivity (Wildman–Crippen MR) is 68.7 cm³/mol. The molecule has 19 heavy (non-hydrogen) atoms. The molecule has 0 aliphatic rings. The maximum absolute atomic E-state index is 11.3. The molecule has 8 heteroatoms. The number of hydrogen-bond donors (Lipinski definition) is 0. The Balaban J connectivity index is 2.85. The van der Waals surface area contributed by atoms with E-state index in [1.807, 2.05) is 0 Å². The fourth-order valence-corrected chi connectivity index (χ4v) is 1.35. The van der Waals surface area contributed by atoms with Gasteiger partial charge in [0.1, 0.15) is 5.02 Å². The predicted octanol–water partition coefficient (Wildman–Crippen LogP) is 3.28. The Morgan fingerprint density at radius 1 is 1.58 bits per heavy atom. The van der Waals surface area contributed by atoms with Crippen LogP contribution in [0.25, 0.3) is 0 Å². The van der Waals surface area contributed by atoms with E-state index in [1.54, 1.807) is 6.92 Å². The van der Waals surface area contributed by atoms with Gasteiger partial charge < -0.3 is 4.74 Å². The zero-order chi connectivity index (χ0) is 14.4. The summed E-state index contributed by atoms with van der Waals surface area (Å²) in [4.78, 5) is 21.4. The highest BCUT2D eigenvalue weighted by atomic mass is 35.5. The molecule has 0 radical (unpaired) electrons. The molecule has 0 N–H and O–H groups in total. The number of halogens is 1. The molecule has 0 saturated heterocycles. The molecule has 0 aliphatic heterocycles. The molecule has 1 rings (SSSR count). The maximum atomic E-state index is 11.3. The standard InChI is InChI=1S/C11H12ClN3O4/c1-3-19-11(16)7(2)13-14-8-4-5-9(12)10(6-8)15(17)18/h4-7H,3H2,1-2H3. The number of hydrogen-bond acceptors (Lipinski definition) is 6. The lowest BCUT2D eigenvalue weighted by Gasteiger charge is -2.03. The van der Waals surface area contributed by atoms with Crippen LogP contribution in [-0.2, 0) is 9.53 Å². The zero-order valence-corrected chi connectivity index (χ0v) is 11.1. The molecule has 1 aromatic rings. The third-order valence-electron chi connectivity index (χ3n) is 2.10. The Morgan fingerprint density at radius 3 is 2.84 bits per heavy atom. The third-order valence-corrected chi connectivity index (χ3v) is 2.42. The molecule has 1 atom stereocenters. The van der Waals surface area contributed by atoms with E-state index in [2.05, 4.69) is 10.2 Å². The summed E-state index contributed by atoms with van der Waals surface area (Å²) in [6, 6.07) is 3.23. The third kappa shape index (κ3) is 4.29. The first-order valence-electron chi connectivity index (χ1n) is 5.47. The molecule has 0 aliphatic carbocycles. The Labute approximate surface area is 114 Å². The summed E-state index contributed by atoms with van der Waals surface area (Å²) in [5.74, 6) is -0.505. The number of nitrogens with zero attached hydrogens (tertiary/aromatic N) is 3. The highest BCUT2D eigenvalue weighted by Gasteiger charge is 2.14. The number of ether oxygens (including phenoxy) is 1. The quantitative estimate of drug-likeness (QED) is 0.359. The lowest BCUT2D eigenvalue weighted by Crippen LogP contribution is -2.17. The fourth-order valence-electron chi connectivity index (χ4n) is 1.17. The molecule has 0 spiro atoms. The van der Waals surface area contributed by atoms with Crippen molar-refractivity contribution < 1.29 is 14.5 Å². The molecular weight excluding hydrogens is 274 g/mol. The van der Waals surface area contributed by atoms with Crippen molar-refractivity contribution in [3.8, 4) is 0 Å². The topological polar surface area (TPSA) is 94.2 Å². The second-order valence-corrected chi connectivity index (χ2v) is 3.94. The van der Waals surface area contributed by atoms with Crippen molar-refractivity contribution in [3.05, 3.63) is 33.3 Å². The largest absolute Gasteiger partial charge is 0.464 e. The van der Waals surface area contributed by atoms with Crippen LogP contribution < -0.4 is 0 Å². The first kappa shape index (κ1) is 15.0. The van der Waals surface area contributed by atoms with Crippen LogP contribution in [0.2, 0.25) is 5.02 Å². The molecule has 0 saturated carbocycles. The van der Waals surface area contributed by atoms with Crippen molar-refractivity contribution in [1.82, 2.24) is 0 Å². The van der Waals surface area contributed by atoms with Crippen molar-refractivity contribution in [3.63, 3.8) is 0 Å². The molecule has 0 bridgehead atoms. The lowest BCUT2D eigenvalue weighted by molar-refractivity contribution is -0.384. The van der Waals surface area contributed by atoms with Gasteiger partial charge in [-0.3, -0.25) is 10.1 Å². The van der Waals surface area contributed by atoms with E-state index >= 15 is 0 Å². The minimum atomic E-state index is -0.769. The van der Waals surface area contributed by atoms with Crippen molar-refractivity contribution >= 4 is 28.9 Å². The van der Waals surface area contributed by atoms with E-state index in [0.717, 1.165) is 0 Å². The SMILES string of the molecule is CCOC(=O)C(C)N=Nc1ccc(Cl)c([N+](=O)[O-])c1. The second kappa shape index (κ2) is 6.79. The van der Waals surface area contributed by atoms with Crippen LogP contribution >= 0.6 is 11.6 Å². The highest BCUT2D eigenvalue weighted by molar-refractivity contribution is 6.32. The Kier molecular flexibility index (Phi) is 5.37. The fraction of sp³-hybridized carbons (Fsp3) is 0.364. The van der Waals surface area contributed by atoms with Crippen molar-refractivity contribution in [1.29, 1.82) is 0 Å². The molecule has 0 fully saturated rings. The molecule has 1 unspecified atom stereocenters. The van der Waals surface area contributed by atoms with E-state index in [1.165, 1.54) is 25.1 Å². The van der Waals surface area contributed by atoms with Crippen LogP contribution in [0.1, 0.15) is 13.8 Å². The second-order valence-electron chi connectivity index (χ2n) is 3.54. The number of nitro groups is 1. The molecule has 0 aromatic heterocycles. The normalized spacial score (nSPS) is 12.4. The number of carbonyl (C=O) groups excluding carboxylic acids is 1. The van der Waals surface area contributed by atoms with Crippen LogP contribution in [-0.4, -0.2) is 23.5 Å². The molecular formula is C11H12ClN3O4. The van der Waals surface area contributed by atoms with E-state index in [-0.39, 0.29) is 23.0 Å². The summed E-state index contributed by atoms with van der Waals surface area (Å²) < 4.78 is 4.75. The average molecular weight is 286 g/mol. The molecule has 1 aromatic carbocycles. The Morgan fingerprint density at radius 2 is 2.26 bits per heavy atom. The van der Waals surface area contributed by atoms with E-state index in [4.69, 9.17) is 16.3 Å². The number of benzene rings is 1. The minimum absolute atomic E-state index is 0.0161. The molecule has 0 heterocycles. The van der Waals surface area contributed by atoms with Crippen LogP contribution in [0.3, 0.4) is 0 Å². The van der Waals surface area contributed by atoms with Gasteiger partial charge in [-0.05, 0) is 26.0 Å². The Bertz CT molecular complexity index is 519. The van der Waals surface area contributed by atoms with Gasteiger partial charge >= 0.3 is 5.97 Å². The van der Waals surface area contributed by atoms with Crippen LogP contribution in [0.5, 0.6) is 0 Å². The summed E-state index contributed by atoms with van der Waals surface area (Å²) >= 11 is 5.66. The van der Waals surface area contributed by atoms with Crippen LogP contribution in [0, 0.1) is 10.1 Å². The van der Waals surface area contributed by atoms with E-state index < -0.39 is 16.9 Å². The number of rotatable bonds is 5. The zero-order valence-electron chi connectivity index (χ0n) is 10.4. The number of carbonyl (C=O) groups is 1. The van der Waals surface area contributed by atoms with Crippen LogP contribution in [0.15, 0.2) is 28.4 Å². The summed E-state index contributed by atoms with van der Waals surface area (Å²) in [6.07, 6.45) is 0. The first-order chi connectivity index (χ1) is 8.95. The number of azo groups is 1. The van der Waals surface area contributed by atoms with E-state index in [9.17, 15) is 14.9 Å². The first-order valence-corrected chi connectivity index (χ1v) is 5.85.